The molecule has 0 aliphatic heterocycles. The van der Waals surface area contributed by atoms with E-state index in [4.69, 9.17) is 0 Å². The average molecular weight is 295 g/mol. The Morgan fingerprint density at radius 2 is 2.35 bits per heavy atom. The number of benzene rings is 1. The van der Waals surface area contributed by atoms with Gasteiger partial charge in [0.2, 0.25) is 0 Å². The Balaban J connectivity index is 2.52. The van der Waals surface area contributed by atoms with Gasteiger partial charge >= 0.3 is 0 Å². The van der Waals surface area contributed by atoms with Crippen LogP contribution in [0.5, 0.6) is 0 Å². The third kappa shape index (κ3) is 2.82. The Labute approximate surface area is 119 Å². The van der Waals surface area contributed by atoms with Gasteiger partial charge in [0.05, 0.1) is 22.1 Å². The number of pyridine rings is 1. The highest BCUT2D eigenvalue weighted by atomic mass is 32.2. The Morgan fingerprint density at radius 1 is 1.60 bits per heavy atom. The lowest BCUT2D eigenvalue weighted by Crippen LogP contribution is -2.14. The molecular formula is C13H14FN3O2S. The fourth-order valence-electron chi connectivity index (χ4n) is 1.84. The van der Waals surface area contributed by atoms with Gasteiger partial charge in [-0.1, -0.05) is 6.92 Å². The highest BCUT2D eigenvalue weighted by molar-refractivity contribution is 7.99. The number of rotatable bonds is 5. The lowest BCUT2D eigenvalue weighted by atomic mass is 10.1. The van der Waals surface area contributed by atoms with Gasteiger partial charge in [0.15, 0.2) is 5.82 Å². The molecule has 1 N–H and O–H groups in total. The number of nitrogens with one attached hydrogen (secondary N) is 1. The van der Waals surface area contributed by atoms with Crippen LogP contribution in [0.25, 0.3) is 10.9 Å². The zero-order valence-electron chi connectivity index (χ0n) is 11.1. The number of nitro groups is 1. The molecule has 2 rings (SSSR count). The zero-order chi connectivity index (χ0) is 14.7. The van der Waals surface area contributed by atoms with Crippen LogP contribution in [0.15, 0.2) is 24.4 Å². The maximum Gasteiger partial charge on any atom is 0.281 e. The second-order valence-electron chi connectivity index (χ2n) is 4.34. The molecule has 1 atom stereocenters. The fraction of sp³-hybridized carbons (Fsp3) is 0.308. The number of aromatic nitrogens is 1. The van der Waals surface area contributed by atoms with Crippen molar-refractivity contribution in [2.24, 2.45) is 0 Å². The minimum Gasteiger partial charge on any atom is -0.380 e. The minimum atomic E-state index is -0.656. The molecule has 1 heterocycles. The van der Waals surface area contributed by atoms with Crippen LogP contribution in [0.4, 0.5) is 15.8 Å². The summed E-state index contributed by atoms with van der Waals surface area (Å²) in [5, 5.41) is 14.6. The van der Waals surface area contributed by atoms with Crippen molar-refractivity contribution in [3.05, 3.63) is 40.3 Å². The molecule has 0 amide bonds. The molecule has 0 saturated carbocycles. The highest BCUT2D eigenvalue weighted by Crippen LogP contribution is 2.32. The molecule has 1 aromatic heterocycles. The SMILES string of the molecule is CSC(C)CNc1c(F)cc([N+](=O)[O-])c2cccnc12. The summed E-state index contributed by atoms with van der Waals surface area (Å²) in [5.41, 5.74) is 0.230. The summed E-state index contributed by atoms with van der Waals surface area (Å²) >= 11 is 1.65. The van der Waals surface area contributed by atoms with Crippen LogP contribution in [0, 0.1) is 15.9 Å². The average Bonchev–Trinajstić information content (AvgIpc) is 2.45. The Kier molecular flexibility index (Phi) is 4.39. The quantitative estimate of drug-likeness (QED) is 0.676. The first kappa shape index (κ1) is 14.5. The number of thioether (sulfide) groups is 1. The predicted octanol–water partition coefficient (Wildman–Crippen LogP) is 3.45. The lowest BCUT2D eigenvalue weighted by Gasteiger charge is -2.13. The zero-order valence-corrected chi connectivity index (χ0v) is 11.9. The molecule has 0 aliphatic carbocycles. The monoisotopic (exact) mass is 295 g/mol. The maximum atomic E-state index is 14.1. The molecule has 0 saturated heterocycles. The largest absolute Gasteiger partial charge is 0.380 e. The molecule has 0 spiro atoms. The summed E-state index contributed by atoms with van der Waals surface area (Å²) in [5.74, 6) is -0.656. The van der Waals surface area contributed by atoms with E-state index in [1.807, 2.05) is 13.2 Å². The van der Waals surface area contributed by atoms with E-state index in [2.05, 4.69) is 10.3 Å². The summed E-state index contributed by atoms with van der Waals surface area (Å²) in [6.07, 6.45) is 3.46. The second-order valence-corrected chi connectivity index (χ2v) is 5.61. The van der Waals surface area contributed by atoms with Crippen molar-refractivity contribution >= 4 is 34.0 Å². The van der Waals surface area contributed by atoms with E-state index in [1.54, 1.807) is 23.9 Å². The number of anilines is 1. The molecule has 1 unspecified atom stereocenters. The van der Waals surface area contributed by atoms with Crippen molar-refractivity contribution in [2.75, 3.05) is 18.1 Å². The van der Waals surface area contributed by atoms with Gasteiger partial charge in [0.25, 0.3) is 5.69 Å². The van der Waals surface area contributed by atoms with Gasteiger partial charge in [-0.25, -0.2) is 4.39 Å². The van der Waals surface area contributed by atoms with Crippen LogP contribution in [0.2, 0.25) is 0 Å². The van der Waals surface area contributed by atoms with Gasteiger partial charge in [0, 0.05) is 18.0 Å². The second kappa shape index (κ2) is 6.04. The van der Waals surface area contributed by atoms with Gasteiger partial charge in [-0.15, -0.1) is 0 Å². The van der Waals surface area contributed by atoms with Crippen LogP contribution in [0.3, 0.4) is 0 Å². The molecule has 1 aromatic carbocycles. The molecule has 7 heteroatoms. The molecule has 20 heavy (non-hydrogen) atoms. The minimum absolute atomic E-state index is 0.215. The molecular weight excluding hydrogens is 281 g/mol. The highest BCUT2D eigenvalue weighted by Gasteiger charge is 2.20. The third-order valence-electron chi connectivity index (χ3n) is 2.99. The first-order chi connectivity index (χ1) is 9.54. The van der Waals surface area contributed by atoms with E-state index in [1.165, 1.54) is 6.20 Å². The smallest absolute Gasteiger partial charge is 0.281 e. The third-order valence-corrected chi connectivity index (χ3v) is 3.96. The van der Waals surface area contributed by atoms with Crippen LogP contribution < -0.4 is 5.32 Å². The van der Waals surface area contributed by atoms with Crippen LogP contribution >= 0.6 is 11.8 Å². The fourth-order valence-corrected chi connectivity index (χ4v) is 2.09. The molecule has 0 radical (unpaired) electrons. The summed E-state index contributed by atoms with van der Waals surface area (Å²) < 4.78 is 14.1. The standard InChI is InChI=1S/C13H14FN3O2S/c1-8(20-2)7-16-13-10(14)6-11(17(18)19)9-4-3-5-15-12(9)13/h3-6,8,16H,7H2,1-2H3. The Hall–Kier alpha value is -1.89. The van der Waals surface area contributed by atoms with Crippen molar-refractivity contribution in [1.29, 1.82) is 0 Å². The summed E-state index contributed by atoms with van der Waals surface area (Å²) in [7, 11) is 0. The predicted molar refractivity (Wildman–Crippen MR) is 79.8 cm³/mol. The Bertz CT molecular complexity index is 651. The lowest BCUT2D eigenvalue weighted by molar-refractivity contribution is -0.383. The van der Waals surface area contributed by atoms with E-state index in [-0.39, 0.29) is 16.9 Å². The number of hydrogen-bond donors (Lipinski definition) is 1. The first-order valence-electron chi connectivity index (χ1n) is 6.03. The summed E-state index contributed by atoms with van der Waals surface area (Å²) in [4.78, 5) is 14.5. The van der Waals surface area contributed by atoms with Gasteiger partial charge in [-0.3, -0.25) is 15.1 Å². The van der Waals surface area contributed by atoms with Crippen molar-refractivity contribution in [2.45, 2.75) is 12.2 Å². The summed E-state index contributed by atoms with van der Waals surface area (Å²) in [6, 6.07) is 4.11. The van der Waals surface area contributed by atoms with Crippen LogP contribution in [0.1, 0.15) is 6.92 Å². The number of hydrogen-bond acceptors (Lipinski definition) is 5. The number of fused-ring (bicyclic) bond motifs is 1. The van der Waals surface area contributed by atoms with E-state index in [0.29, 0.717) is 17.2 Å². The Morgan fingerprint density at radius 3 is 3.00 bits per heavy atom. The van der Waals surface area contributed by atoms with E-state index < -0.39 is 10.7 Å². The van der Waals surface area contributed by atoms with E-state index >= 15 is 0 Å². The van der Waals surface area contributed by atoms with Gasteiger partial charge in [-0.2, -0.15) is 11.8 Å². The molecule has 0 bridgehead atoms. The number of nitro benzene ring substituents is 1. The first-order valence-corrected chi connectivity index (χ1v) is 7.31. The summed E-state index contributed by atoms with van der Waals surface area (Å²) in [6.45, 7) is 2.57. The van der Waals surface area contributed by atoms with Gasteiger partial charge in [-0.05, 0) is 18.4 Å². The van der Waals surface area contributed by atoms with Crippen molar-refractivity contribution in [1.82, 2.24) is 4.98 Å². The number of nitrogens with zero attached hydrogens (tertiary/aromatic N) is 2. The molecule has 2 aromatic rings. The van der Waals surface area contributed by atoms with E-state index in [0.717, 1.165) is 6.07 Å². The van der Waals surface area contributed by atoms with Crippen molar-refractivity contribution < 1.29 is 9.31 Å². The van der Waals surface area contributed by atoms with Crippen molar-refractivity contribution in [3.8, 4) is 0 Å². The molecule has 5 nitrogen and oxygen atoms in total. The number of non-ortho nitro benzene ring substituents is 1. The molecule has 106 valence electrons. The molecule has 0 fully saturated rings. The van der Waals surface area contributed by atoms with Gasteiger partial charge < -0.3 is 5.32 Å². The van der Waals surface area contributed by atoms with E-state index in [9.17, 15) is 14.5 Å². The van der Waals surface area contributed by atoms with Crippen molar-refractivity contribution in [3.63, 3.8) is 0 Å². The molecule has 0 aliphatic rings. The normalized spacial score (nSPS) is 12.3. The van der Waals surface area contributed by atoms with Gasteiger partial charge in [0.1, 0.15) is 5.52 Å². The van der Waals surface area contributed by atoms with Crippen LogP contribution in [-0.2, 0) is 0 Å². The number of halogens is 1. The van der Waals surface area contributed by atoms with Crippen LogP contribution in [-0.4, -0.2) is 28.0 Å². The topological polar surface area (TPSA) is 68.1 Å². The maximum absolute atomic E-state index is 14.1.